The molecule has 1 amide bonds. The predicted octanol–water partition coefficient (Wildman–Crippen LogP) is 3.76. The molecule has 172 valence electrons. The number of aryl methyl sites for hydroxylation is 1. The molecular weight excluding hydrogens is 412 g/mol. The molecule has 2 aromatic rings. The van der Waals surface area contributed by atoms with Crippen molar-refractivity contribution >= 4 is 26.7 Å². The molecule has 0 bridgehead atoms. The fourth-order valence-electron chi connectivity index (χ4n) is 4.59. The molecule has 0 N–H and O–H groups in total. The molecule has 1 aromatic heterocycles. The third kappa shape index (κ3) is 5.50. The van der Waals surface area contributed by atoms with E-state index in [-0.39, 0.29) is 29.9 Å². The van der Waals surface area contributed by atoms with Crippen molar-refractivity contribution in [3.8, 4) is 0 Å². The Morgan fingerprint density at radius 3 is 2.48 bits per heavy atom. The van der Waals surface area contributed by atoms with Crippen LogP contribution >= 0.6 is 0 Å². The van der Waals surface area contributed by atoms with Crippen LogP contribution in [0.2, 0.25) is 0 Å². The van der Waals surface area contributed by atoms with Crippen LogP contribution in [-0.2, 0) is 21.1 Å². The van der Waals surface area contributed by atoms with Crippen LogP contribution < -0.4 is 0 Å². The maximum absolute atomic E-state index is 13.4. The van der Waals surface area contributed by atoms with Crippen molar-refractivity contribution in [1.82, 2.24) is 9.80 Å². The van der Waals surface area contributed by atoms with Crippen LogP contribution in [0.5, 0.6) is 0 Å². The third-order valence-corrected chi connectivity index (χ3v) is 8.28. The second-order valence-electron chi connectivity index (χ2n) is 8.97. The van der Waals surface area contributed by atoms with Gasteiger partial charge in [0.2, 0.25) is 5.91 Å². The zero-order chi connectivity index (χ0) is 22.8. The van der Waals surface area contributed by atoms with E-state index in [0.29, 0.717) is 18.9 Å². The fourth-order valence-corrected chi connectivity index (χ4v) is 6.32. The molecule has 2 heterocycles. The first-order chi connectivity index (χ1) is 14.6. The molecule has 1 saturated heterocycles. The molecule has 3 rings (SSSR count). The van der Waals surface area contributed by atoms with Crippen molar-refractivity contribution in [2.24, 2.45) is 0 Å². The minimum Gasteiger partial charge on any atom is -0.464 e. The van der Waals surface area contributed by atoms with E-state index in [9.17, 15) is 13.2 Å². The number of hydrogen-bond acceptors (Lipinski definition) is 5. The molecule has 0 saturated carbocycles. The number of carbonyl (C=O) groups excluding carboxylic acids is 1. The van der Waals surface area contributed by atoms with Crippen molar-refractivity contribution in [2.75, 3.05) is 37.7 Å². The number of fused-ring (bicyclic) bond motifs is 1. The van der Waals surface area contributed by atoms with E-state index in [2.05, 4.69) is 45.6 Å². The molecule has 1 atom stereocenters. The van der Waals surface area contributed by atoms with Gasteiger partial charge in [-0.25, -0.2) is 8.42 Å². The second-order valence-corrected chi connectivity index (χ2v) is 11.2. The fraction of sp³-hybridized carbons (Fsp3) is 0.625. The first-order valence-corrected chi connectivity index (χ1v) is 13.2. The monoisotopic (exact) mass is 448 g/mol. The van der Waals surface area contributed by atoms with Crippen molar-refractivity contribution < 1.29 is 17.6 Å². The van der Waals surface area contributed by atoms with Gasteiger partial charge in [-0.15, -0.1) is 0 Å². The number of nitrogens with zero attached hydrogens (tertiary/aromatic N) is 2. The highest BCUT2D eigenvalue weighted by atomic mass is 32.2. The molecule has 0 radical (unpaired) electrons. The average Bonchev–Trinajstić information content (AvgIpc) is 3.26. The summed E-state index contributed by atoms with van der Waals surface area (Å²) in [5.41, 5.74) is 4.10. The van der Waals surface area contributed by atoms with E-state index in [1.54, 1.807) is 11.2 Å². The van der Waals surface area contributed by atoms with Crippen molar-refractivity contribution in [3.63, 3.8) is 0 Å². The van der Waals surface area contributed by atoms with Gasteiger partial charge < -0.3 is 14.2 Å². The average molecular weight is 449 g/mol. The summed E-state index contributed by atoms with van der Waals surface area (Å²) in [6.07, 6.45) is 2.43. The summed E-state index contributed by atoms with van der Waals surface area (Å²) >= 11 is 0. The number of furan rings is 1. The number of carbonyl (C=O) groups is 1. The summed E-state index contributed by atoms with van der Waals surface area (Å²) in [7, 11) is -3.07. The number of rotatable bonds is 9. The van der Waals surface area contributed by atoms with Gasteiger partial charge in [-0.1, -0.05) is 27.7 Å². The van der Waals surface area contributed by atoms with Gasteiger partial charge in [0.05, 0.1) is 24.2 Å². The molecule has 1 aromatic carbocycles. The number of sulfone groups is 1. The third-order valence-electron chi connectivity index (χ3n) is 6.53. The van der Waals surface area contributed by atoms with Crippen LogP contribution in [0.25, 0.3) is 11.0 Å². The molecule has 1 fully saturated rings. The Balaban J connectivity index is 1.85. The van der Waals surface area contributed by atoms with Crippen LogP contribution in [0, 0.1) is 6.92 Å². The summed E-state index contributed by atoms with van der Waals surface area (Å²) < 4.78 is 29.9. The van der Waals surface area contributed by atoms with Gasteiger partial charge in [0.25, 0.3) is 0 Å². The quantitative estimate of drug-likeness (QED) is 0.584. The molecule has 7 heteroatoms. The molecule has 1 unspecified atom stereocenters. The van der Waals surface area contributed by atoms with E-state index in [0.717, 1.165) is 36.2 Å². The molecule has 0 spiro atoms. The Kier molecular flexibility index (Phi) is 7.47. The first-order valence-electron chi connectivity index (χ1n) is 11.4. The highest BCUT2D eigenvalue weighted by Gasteiger charge is 2.34. The van der Waals surface area contributed by atoms with Gasteiger partial charge in [-0.3, -0.25) is 4.79 Å². The summed E-state index contributed by atoms with van der Waals surface area (Å²) in [4.78, 5) is 17.5. The minimum atomic E-state index is -3.07. The number of likely N-dealkylation sites (N-methyl/N-ethyl adjacent to an activating group) is 1. The van der Waals surface area contributed by atoms with Crippen LogP contribution in [0.4, 0.5) is 0 Å². The standard InChI is InChI=1S/C24H36N2O4S/c1-6-25(7-2)9-10-26(20-8-11-31(28,29)16-20)24(27)13-19-15-30-23-12-18(5)21(17(3)4)14-22(19)23/h12,14-15,17,20H,6-11,13,16H2,1-5H3. The molecule has 31 heavy (non-hydrogen) atoms. The van der Waals surface area contributed by atoms with Crippen LogP contribution in [-0.4, -0.2) is 67.9 Å². The molecule has 0 aliphatic carbocycles. The molecule has 1 aliphatic heterocycles. The minimum absolute atomic E-state index is 0.0244. The highest BCUT2D eigenvalue weighted by Crippen LogP contribution is 2.30. The predicted molar refractivity (Wildman–Crippen MR) is 125 cm³/mol. The number of hydrogen-bond donors (Lipinski definition) is 0. The van der Waals surface area contributed by atoms with E-state index in [4.69, 9.17) is 4.42 Å². The maximum Gasteiger partial charge on any atom is 0.227 e. The first kappa shape index (κ1) is 23.8. The summed E-state index contributed by atoms with van der Waals surface area (Å²) in [5.74, 6) is 0.596. The molecular formula is C24H36N2O4S. The van der Waals surface area contributed by atoms with Gasteiger partial charge in [-0.05, 0) is 55.6 Å². The van der Waals surface area contributed by atoms with Crippen molar-refractivity contribution in [2.45, 2.75) is 59.4 Å². The van der Waals surface area contributed by atoms with Crippen LogP contribution in [0.15, 0.2) is 22.8 Å². The Bertz CT molecular complexity index is 1020. The zero-order valence-corrected chi connectivity index (χ0v) is 20.3. The van der Waals surface area contributed by atoms with Gasteiger partial charge in [0, 0.05) is 30.1 Å². The van der Waals surface area contributed by atoms with Crippen LogP contribution in [0.1, 0.15) is 56.7 Å². The number of amides is 1. The number of benzene rings is 1. The zero-order valence-electron chi connectivity index (χ0n) is 19.5. The Morgan fingerprint density at radius 2 is 1.90 bits per heavy atom. The van der Waals surface area contributed by atoms with Gasteiger partial charge in [0.1, 0.15) is 5.58 Å². The van der Waals surface area contributed by atoms with Gasteiger partial charge in [-0.2, -0.15) is 0 Å². The van der Waals surface area contributed by atoms with E-state index in [1.165, 1.54) is 11.1 Å². The van der Waals surface area contributed by atoms with E-state index >= 15 is 0 Å². The second kappa shape index (κ2) is 9.74. The van der Waals surface area contributed by atoms with Gasteiger partial charge in [0.15, 0.2) is 9.84 Å². The lowest BCUT2D eigenvalue weighted by Gasteiger charge is -2.31. The lowest BCUT2D eigenvalue weighted by Crippen LogP contribution is -2.46. The summed E-state index contributed by atoms with van der Waals surface area (Å²) in [6, 6.07) is 3.95. The normalized spacial score (nSPS) is 18.4. The topological polar surface area (TPSA) is 70.8 Å². The van der Waals surface area contributed by atoms with Crippen molar-refractivity contribution in [3.05, 3.63) is 35.1 Å². The smallest absolute Gasteiger partial charge is 0.227 e. The Hall–Kier alpha value is -1.86. The van der Waals surface area contributed by atoms with Gasteiger partial charge >= 0.3 is 0 Å². The van der Waals surface area contributed by atoms with Crippen LogP contribution in [0.3, 0.4) is 0 Å². The summed E-state index contributed by atoms with van der Waals surface area (Å²) in [6.45, 7) is 13.7. The molecule has 6 nitrogen and oxygen atoms in total. The van der Waals surface area contributed by atoms with E-state index in [1.807, 2.05) is 6.07 Å². The SMILES string of the molecule is CCN(CC)CCN(C(=O)Cc1coc2cc(C)c(C(C)C)cc12)C1CCS(=O)(=O)C1. The Morgan fingerprint density at radius 1 is 1.19 bits per heavy atom. The van der Waals surface area contributed by atoms with E-state index < -0.39 is 9.84 Å². The summed E-state index contributed by atoms with van der Waals surface area (Å²) in [5, 5.41) is 0.977. The lowest BCUT2D eigenvalue weighted by molar-refractivity contribution is -0.132. The maximum atomic E-state index is 13.4. The lowest BCUT2D eigenvalue weighted by atomic mass is 9.95. The molecule has 1 aliphatic rings. The Labute approximate surface area is 186 Å². The highest BCUT2D eigenvalue weighted by molar-refractivity contribution is 7.91. The van der Waals surface area contributed by atoms with Crippen molar-refractivity contribution in [1.29, 1.82) is 0 Å². The largest absolute Gasteiger partial charge is 0.464 e.